The average molecular weight is 572 g/mol. The Labute approximate surface area is 244 Å². The highest BCUT2D eigenvalue weighted by atomic mass is 35.5. The predicted octanol–water partition coefficient (Wildman–Crippen LogP) is 5.30. The Morgan fingerprint density at radius 3 is 2.78 bits per heavy atom. The standard InChI is InChI=1S/C31H34ClN7O2/c1-38(2)15-6-10-28(40)36-23-13-11-22(12-14-23)30(41)39-16-5-7-21(20-39)17-34-31-35-19-26(32)29(37-31)25-18-33-27-9-4-3-8-24(25)27/h3-4,6,8-14,18-19,21,33H,5,7,15-17,20H2,1-2H3,(H,36,40)(H,34,35,37). The molecule has 0 radical (unpaired) electrons. The Morgan fingerprint density at radius 2 is 1.98 bits per heavy atom. The van der Waals surface area contributed by atoms with Crippen molar-refractivity contribution in [2.24, 2.45) is 5.92 Å². The molecule has 9 nitrogen and oxygen atoms in total. The third kappa shape index (κ3) is 7.11. The van der Waals surface area contributed by atoms with Crippen molar-refractivity contribution < 1.29 is 9.59 Å². The number of aromatic amines is 1. The van der Waals surface area contributed by atoms with E-state index in [1.165, 1.54) is 6.08 Å². The van der Waals surface area contributed by atoms with Crippen molar-refractivity contribution in [1.82, 2.24) is 24.8 Å². The normalized spacial score (nSPS) is 15.5. The number of amides is 2. The fourth-order valence-electron chi connectivity index (χ4n) is 4.99. The van der Waals surface area contributed by atoms with Crippen molar-refractivity contribution in [2.45, 2.75) is 12.8 Å². The van der Waals surface area contributed by atoms with E-state index in [1.54, 1.807) is 36.5 Å². The van der Waals surface area contributed by atoms with Gasteiger partial charge in [0, 0.05) is 66.2 Å². The van der Waals surface area contributed by atoms with E-state index in [0.717, 1.165) is 29.3 Å². The first-order valence-electron chi connectivity index (χ1n) is 13.7. The van der Waals surface area contributed by atoms with Gasteiger partial charge in [-0.25, -0.2) is 9.97 Å². The Hall–Kier alpha value is -4.21. The van der Waals surface area contributed by atoms with E-state index in [9.17, 15) is 9.59 Å². The first kappa shape index (κ1) is 28.3. The van der Waals surface area contributed by atoms with Gasteiger partial charge in [0.25, 0.3) is 5.91 Å². The number of hydrogen-bond donors (Lipinski definition) is 3. The lowest BCUT2D eigenvalue weighted by molar-refractivity contribution is -0.111. The molecule has 0 aliphatic carbocycles. The molecular weight excluding hydrogens is 538 g/mol. The van der Waals surface area contributed by atoms with Crippen LogP contribution in [0.15, 0.2) is 73.1 Å². The lowest BCUT2D eigenvalue weighted by atomic mass is 9.97. The van der Waals surface area contributed by atoms with Crippen molar-refractivity contribution in [3.8, 4) is 11.3 Å². The minimum atomic E-state index is -0.199. The number of anilines is 2. The fraction of sp³-hybridized carbons (Fsp3) is 0.290. The molecule has 2 amide bonds. The number of likely N-dealkylation sites (tertiary alicyclic amines) is 1. The van der Waals surface area contributed by atoms with Gasteiger partial charge in [-0.15, -0.1) is 0 Å². The van der Waals surface area contributed by atoms with Crippen molar-refractivity contribution in [3.05, 3.63) is 83.7 Å². The van der Waals surface area contributed by atoms with E-state index >= 15 is 0 Å². The number of nitrogens with zero attached hydrogens (tertiary/aromatic N) is 4. The van der Waals surface area contributed by atoms with E-state index in [-0.39, 0.29) is 17.7 Å². The highest BCUT2D eigenvalue weighted by Gasteiger charge is 2.25. The first-order chi connectivity index (χ1) is 19.9. The Bertz CT molecular complexity index is 1550. The summed E-state index contributed by atoms with van der Waals surface area (Å²) in [6, 6.07) is 15.1. The zero-order valence-electron chi connectivity index (χ0n) is 23.2. The highest BCUT2D eigenvalue weighted by Crippen LogP contribution is 2.32. The molecule has 212 valence electrons. The number of rotatable bonds is 9. The van der Waals surface area contributed by atoms with Crippen LogP contribution in [0.4, 0.5) is 11.6 Å². The molecule has 41 heavy (non-hydrogen) atoms. The number of likely N-dealkylation sites (N-methyl/N-ethyl adjacent to an activating group) is 1. The van der Waals surface area contributed by atoms with Gasteiger partial charge in [0.05, 0.1) is 16.9 Å². The second kappa shape index (κ2) is 13.0. The molecule has 0 saturated carbocycles. The van der Waals surface area contributed by atoms with Crippen LogP contribution in [0, 0.1) is 5.92 Å². The van der Waals surface area contributed by atoms with Crippen LogP contribution >= 0.6 is 11.6 Å². The van der Waals surface area contributed by atoms with Gasteiger partial charge in [-0.05, 0) is 63.2 Å². The van der Waals surface area contributed by atoms with Crippen LogP contribution in [0.3, 0.4) is 0 Å². The van der Waals surface area contributed by atoms with Gasteiger partial charge in [-0.3, -0.25) is 9.59 Å². The topological polar surface area (TPSA) is 106 Å². The summed E-state index contributed by atoms with van der Waals surface area (Å²) in [7, 11) is 3.88. The molecule has 0 bridgehead atoms. The molecule has 1 unspecified atom stereocenters. The zero-order chi connectivity index (χ0) is 28.8. The number of piperidine rings is 1. The number of para-hydroxylation sites is 1. The summed E-state index contributed by atoms with van der Waals surface area (Å²) < 4.78 is 0. The number of benzene rings is 2. The summed E-state index contributed by atoms with van der Waals surface area (Å²) >= 11 is 6.48. The van der Waals surface area contributed by atoms with Gasteiger partial charge < -0.3 is 25.4 Å². The van der Waals surface area contributed by atoms with E-state index in [1.807, 2.05) is 54.4 Å². The number of carbonyl (C=O) groups excluding carboxylic acids is 2. The molecule has 10 heteroatoms. The number of nitrogens with one attached hydrogen (secondary N) is 3. The smallest absolute Gasteiger partial charge is 0.253 e. The second-order valence-corrected chi connectivity index (χ2v) is 10.9. The van der Waals surface area contributed by atoms with Crippen molar-refractivity contribution in [3.63, 3.8) is 0 Å². The van der Waals surface area contributed by atoms with Gasteiger partial charge in [-0.2, -0.15) is 0 Å². The summed E-state index contributed by atoms with van der Waals surface area (Å²) in [6.07, 6.45) is 8.78. The van der Waals surface area contributed by atoms with Gasteiger partial charge >= 0.3 is 0 Å². The summed E-state index contributed by atoms with van der Waals surface area (Å²) in [4.78, 5) is 41.6. The summed E-state index contributed by atoms with van der Waals surface area (Å²) in [5.74, 6) is 0.557. The number of aromatic nitrogens is 3. The number of halogens is 1. The van der Waals surface area contributed by atoms with E-state index < -0.39 is 0 Å². The maximum Gasteiger partial charge on any atom is 0.253 e. The highest BCUT2D eigenvalue weighted by molar-refractivity contribution is 6.33. The third-order valence-electron chi connectivity index (χ3n) is 7.08. The molecule has 5 rings (SSSR count). The molecule has 1 saturated heterocycles. The van der Waals surface area contributed by atoms with Gasteiger partial charge in [-0.1, -0.05) is 35.9 Å². The van der Waals surface area contributed by atoms with Crippen molar-refractivity contribution in [1.29, 1.82) is 0 Å². The molecule has 4 aromatic rings. The number of hydrogen-bond acceptors (Lipinski definition) is 6. The maximum atomic E-state index is 13.2. The van der Waals surface area contributed by atoms with Crippen LogP contribution < -0.4 is 10.6 Å². The summed E-state index contributed by atoms with van der Waals surface area (Å²) in [5, 5.41) is 7.72. The van der Waals surface area contributed by atoms with E-state index in [0.29, 0.717) is 54.1 Å². The molecule has 1 aliphatic rings. The van der Waals surface area contributed by atoms with Gasteiger partial charge in [0.1, 0.15) is 0 Å². The van der Waals surface area contributed by atoms with Crippen LogP contribution in [-0.2, 0) is 4.79 Å². The van der Waals surface area contributed by atoms with Crippen molar-refractivity contribution in [2.75, 3.05) is 50.9 Å². The number of H-pyrrole nitrogens is 1. The van der Waals surface area contributed by atoms with Crippen LogP contribution in [0.25, 0.3) is 22.2 Å². The maximum absolute atomic E-state index is 13.2. The lowest BCUT2D eigenvalue weighted by Crippen LogP contribution is -2.41. The third-order valence-corrected chi connectivity index (χ3v) is 7.36. The van der Waals surface area contributed by atoms with Crippen LogP contribution in [0.2, 0.25) is 5.02 Å². The molecule has 3 heterocycles. The Kier molecular flexibility index (Phi) is 8.96. The minimum Gasteiger partial charge on any atom is -0.360 e. The lowest BCUT2D eigenvalue weighted by Gasteiger charge is -2.33. The predicted molar refractivity (Wildman–Crippen MR) is 164 cm³/mol. The monoisotopic (exact) mass is 571 g/mol. The van der Waals surface area contributed by atoms with Crippen LogP contribution in [0.1, 0.15) is 23.2 Å². The van der Waals surface area contributed by atoms with E-state index in [2.05, 4.69) is 20.6 Å². The summed E-state index contributed by atoms with van der Waals surface area (Å²) in [5.41, 5.74) is 3.87. The number of carbonyl (C=O) groups is 2. The summed E-state index contributed by atoms with van der Waals surface area (Å²) in [6.45, 7) is 2.69. The molecule has 1 atom stereocenters. The Morgan fingerprint density at radius 1 is 1.17 bits per heavy atom. The van der Waals surface area contributed by atoms with Crippen LogP contribution in [-0.4, -0.2) is 76.8 Å². The first-order valence-corrected chi connectivity index (χ1v) is 14.1. The molecule has 2 aromatic carbocycles. The molecule has 3 N–H and O–H groups in total. The van der Waals surface area contributed by atoms with Crippen LogP contribution in [0.5, 0.6) is 0 Å². The zero-order valence-corrected chi connectivity index (χ0v) is 24.0. The van der Waals surface area contributed by atoms with E-state index in [4.69, 9.17) is 16.6 Å². The quantitative estimate of drug-likeness (QED) is 0.235. The average Bonchev–Trinajstić information content (AvgIpc) is 3.41. The molecule has 1 fully saturated rings. The SMILES string of the molecule is CN(C)CC=CC(=O)Nc1ccc(C(=O)N2CCCC(CNc3ncc(Cl)c(-c4c[nH]c5ccccc45)n3)C2)cc1. The van der Waals surface area contributed by atoms with Crippen molar-refractivity contribution >= 4 is 46.0 Å². The second-order valence-electron chi connectivity index (χ2n) is 10.5. The minimum absolute atomic E-state index is 0.0113. The number of fused-ring (bicyclic) bond motifs is 1. The fourth-order valence-corrected chi connectivity index (χ4v) is 5.19. The Balaban J connectivity index is 1.17. The molecule has 0 spiro atoms. The van der Waals surface area contributed by atoms with Gasteiger partial charge in [0.15, 0.2) is 0 Å². The molecular formula is C31H34ClN7O2. The molecule has 1 aliphatic heterocycles. The molecule has 2 aromatic heterocycles. The largest absolute Gasteiger partial charge is 0.360 e. The van der Waals surface area contributed by atoms with Gasteiger partial charge in [0.2, 0.25) is 11.9 Å².